The monoisotopic (exact) mass is 374 g/mol. The molecule has 4 atom stereocenters. The van der Waals surface area contributed by atoms with E-state index in [0.29, 0.717) is 0 Å². The average Bonchev–Trinajstić information content (AvgIpc) is 2.98. The largest absolute Gasteiger partial charge is 0.327 e. The first-order chi connectivity index (χ1) is 10.8. The molecule has 2 aliphatic rings. The average molecular weight is 374 g/mol. The fraction of sp³-hybridized carbons (Fsp3) is 0.500. The molecular weight excluding hydrogens is 358 g/mol. The lowest BCUT2D eigenvalue weighted by atomic mass is 9.84. The lowest BCUT2D eigenvalue weighted by Crippen LogP contribution is -2.42. The molecule has 3 nitrogen and oxygen atoms in total. The smallest absolute Gasteiger partial charge is 0.313 e. The topological polar surface area (TPSA) is 55.1 Å². The molecule has 2 saturated carbocycles. The summed E-state index contributed by atoms with van der Waals surface area (Å²) in [4.78, 5) is 9.64. The fourth-order valence-corrected chi connectivity index (χ4v) is 4.61. The third kappa shape index (κ3) is 3.08. The standard InChI is InChI=1S/C14H16F6N2OS/c15-10-4-3-9(6-11(10)24(16,17,18,19)20)22-14(23)12-7-1-2-8(5-7)13(12)21/h3-4,6-8,12-13H,1-2,5,21H2,(H,22,23). The van der Waals surface area contributed by atoms with Crippen LogP contribution in [0.5, 0.6) is 0 Å². The van der Waals surface area contributed by atoms with Crippen LogP contribution in [0.2, 0.25) is 0 Å². The number of fused-ring (bicyclic) bond motifs is 2. The van der Waals surface area contributed by atoms with Gasteiger partial charge in [0.2, 0.25) is 5.91 Å². The fourth-order valence-electron chi connectivity index (χ4n) is 3.83. The van der Waals surface area contributed by atoms with Gasteiger partial charge >= 0.3 is 10.2 Å². The number of hydrogen-bond acceptors (Lipinski definition) is 2. The maximum Gasteiger partial charge on any atom is 0.313 e. The van der Waals surface area contributed by atoms with Gasteiger partial charge in [-0.3, -0.25) is 4.79 Å². The number of carbonyl (C=O) groups is 1. The van der Waals surface area contributed by atoms with Gasteiger partial charge in [-0.15, -0.1) is 0 Å². The van der Waals surface area contributed by atoms with Crippen LogP contribution in [0, 0.1) is 23.6 Å². The van der Waals surface area contributed by atoms with Crippen molar-refractivity contribution in [3.63, 3.8) is 0 Å². The molecule has 0 saturated heterocycles. The molecule has 1 amide bonds. The molecule has 0 aliphatic heterocycles. The summed E-state index contributed by atoms with van der Waals surface area (Å²) in [5.41, 5.74) is 5.44. The van der Waals surface area contributed by atoms with Crippen molar-refractivity contribution in [2.75, 3.05) is 5.32 Å². The van der Waals surface area contributed by atoms with Crippen LogP contribution >= 0.6 is 10.2 Å². The first-order valence-corrected chi connectivity index (χ1v) is 9.31. The quantitative estimate of drug-likeness (QED) is 0.747. The minimum absolute atomic E-state index is 0.0422. The SMILES string of the molecule is NC1C2CCC(C2)C1C(=O)Nc1ccc(F)c(S(F)(F)(F)(F)F)c1. The Balaban J connectivity index is 1.86. The first-order valence-electron chi connectivity index (χ1n) is 7.36. The van der Waals surface area contributed by atoms with Gasteiger partial charge in [-0.2, -0.15) is 0 Å². The Hall–Kier alpha value is -1.42. The maximum absolute atomic E-state index is 13.3. The lowest BCUT2D eigenvalue weighted by molar-refractivity contribution is -0.121. The number of hydrogen-bond donors (Lipinski definition) is 2. The number of benzene rings is 1. The first kappa shape index (κ1) is 17.4. The second kappa shape index (κ2) is 4.60. The van der Waals surface area contributed by atoms with Crippen LogP contribution in [0.4, 0.5) is 29.5 Å². The Morgan fingerprint density at radius 1 is 1.12 bits per heavy atom. The van der Waals surface area contributed by atoms with E-state index in [-0.39, 0.29) is 24.0 Å². The number of rotatable bonds is 3. The normalized spacial score (nSPS) is 32.3. The van der Waals surface area contributed by atoms with E-state index in [9.17, 15) is 28.6 Å². The predicted molar refractivity (Wildman–Crippen MR) is 78.7 cm³/mol. The number of anilines is 1. The number of amides is 1. The highest BCUT2D eigenvalue weighted by Crippen LogP contribution is 3.02. The summed E-state index contributed by atoms with van der Waals surface area (Å²) in [5.74, 6) is -3.03. The molecule has 2 fully saturated rings. The van der Waals surface area contributed by atoms with Crippen molar-refractivity contribution in [1.29, 1.82) is 0 Å². The molecule has 136 valence electrons. The molecular formula is C14H16F6N2OS. The molecule has 4 unspecified atom stereocenters. The highest BCUT2D eigenvalue weighted by molar-refractivity contribution is 8.45. The maximum atomic E-state index is 13.3. The molecule has 0 aromatic heterocycles. The van der Waals surface area contributed by atoms with E-state index in [0.717, 1.165) is 25.3 Å². The van der Waals surface area contributed by atoms with E-state index in [1.54, 1.807) is 0 Å². The molecule has 24 heavy (non-hydrogen) atoms. The van der Waals surface area contributed by atoms with Crippen LogP contribution in [0.3, 0.4) is 0 Å². The third-order valence-corrected chi connectivity index (χ3v) is 6.04. The second-order valence-electron chi connectivity index (χ2n) is 6.54. The Morgan fingerprint density at radius 3 is 2.29 bits per heavy atom. The number of nitrogens with two attached hydrogens (primary N) is 1. The summed E-state index contributed by atoms with van der Waals surface area (Å²) in [6, 6.07) is 0.620. The van der Waals surface area contributed by atoms with E-state index >= 15 is 0 Å². The van der Waals surface area contributed by atoms with Crippen molar-refractivity contribution in [3.8, 4) is 0 Å². The van der Waals surface area contributed by atoms with Gasteiger partial charge < -0.3 is 11.1 Å². The van der Waals surface area contributed by atoms with E-state index < -0.39 is 44.5 Å². The van der Waals surface area contributed by atoms with Crippen molar-refractivity contribution in [3.05, 3.63) is 24.0 Å². The van der Waals surface area contributed by atoms with Gasteiger partial charge in [-0.05, 0) is 49.3 Å². The molecule has 0 spiro atoms. The Labute approximate surface area is 134 Å². The van der Waals surface area contributed by atoms with Gasteiger partial charge in [0.05, 0.1) is 5.92 Å². The minimum Gasteiger partial charge on any atom is -0.327 e. The minimum atomic E-state index is -10.2. The van der Waals surface area contributed by atoms with Crippen molar-refractivity contribution in [2.45, 2.75) is 30.2 Å². The molecule has 1 aromatic carbocycles. The van der Waals surface area contributed by atoms with E-state index in [2.05, 4.69) is 5.32 Å². The zero-order chi connectivity index (χ0) is 18.0. The van der Waals surface area contributed by atoms with Crippen molar-refractivity contribution < 1.29 is 28.6 Å². The van der Waals surface area contributed by atoms with Gasteiger partial charge in [0.15, 0.2) is 0 Å². The van der Waals surface area contributed by atoms with Crippen LogP contribution in [0.15, 0.2) is 23.1 Å². The summed E-state index contributed by atoms with van der Waals surface area (Å²) in [6.07, 6.45) is 2.48. The van der Waals surface area contributed by atoms with Crippen molar-refractivity contribution >= 4 is 21.8 Å². The summed E-state index contributed by atoms with van der Waals surface area (Å²) in [7, 11) is -10.2. The Kier molecular flexibility index (Phi) is 3.34. The molecule has 3 rings (SSSR count). The van der Waals surface area contributed by atoms with E-state index in [1.165, 1.54) is 0 Å². The number of carbonyl (C=O) groups excluding carboxylic acids is 1. The molecule has 10 heteroatoms. The number of nitrogens with one attached hydrogen (secondary N) is 1. The second-order valence-corrected chi connectivity index (χ2v) is 8.92. The van der Waals surface area contributed by atoms with Crippen LogP contribution < -0.4 is 11.1 Å². The molecule has 0 heterocycles. The van der Waals surface area contributed by atoms with Crippen LogP contribution in [-0.2, 0) is 4.79 Å². The molecule has 3 N–H and O–H groups in total. The Morgan fingerprint density at radius 2 is 1.75 bits per heavy atom. The summed E-state index contributed by atoms with van der Waals surface area (Å²) >= 11 is 0. The summed E-state index contributed by atoms with van der Waals surface area (Å²) < 4.78 is 77.5. The number of halogens is 6. The van der Waals surface area contributed by atoms with Crippen LogP contribution in [0.1, 0.15) is 19.3 Å². The molecule has 2 bridgehead atoms. The summed E-state index contributed by atoms with van der Waals surface area (Å²) in [5, 5.41) is 2.17. The van der Waals surface area contributed by atoms with Gasteiger partial charge in [-0.25, -0.2) is 4.39 Å². The molecule has 0 radical (unpaired) electrons. The van der Waals surface area contributed by atoms with E-state index in [4.69, 9.17) is 5.73 Å². The van der Waals surface area contributed by atoms with Gasteiger partial charge in [-0.1, -0.05) is 19.4 Å². The summed E-state index contributed by atoms with van der Waals surface area (Å²) in [6.45, 7) is 0. The molecule has 2 aliphatic carbocycles. The lowest BCUT2D eigenvalue weighted by Gasteiger charge is -2.40. The van der Waals surface area contributed by atoms with Gasteiger partial charge in [0.1, 0.15) is 10.7 Å². The highest BCUT2D eigenvalue weighted by atomic mass is 32.5. The predicted octanol–water partition coefficient (Wildman–Crippen LogP) is 4.80. The zero-order valence-corrected chi connectivity index (χ0v) is 13.1. The highest BCUT2D eigenvalue weighted by Gasteiger charge is 2.67. The van der Waals surface area contributed by atoms with Crippen LogP contribution in [-0.4, -0.2) is 11.9 Å². The van der Waals surface area contributed by atoms with Gasteiger partial charge in [0.25, 0.3) is 0 Å². The van der Waals surface area contributed by atoms with Gasteiger partial charge in [0, 0.05) is 11.7 Å². The van der Waals surface area contributed by atoms with Crippen molar-refractivity contribution in [1.82, 2.24) is 0 Å². The van der Waals surface area contributed by atoms with Crippen LogP contribution in [0.25, 0.3) is 0 Å². The van der Waals surface area contributed by atoms with E-state index in [1.807, 2.05) is 0 Å². The zero-order valence-electron chi connectivity index (χ0n) is 12.3. The van der Waals surface area contributed by atoms with Crippen molar-refractivity contribution in [2.24, 2.45) is 23.5 Å². The Bertz CT molecular complexity index is 705. The third-order valence-electron chi connectivity index (χ3n) is 4.90. The molecule has 1 aromatic rings.